The van der Waals surface area contributed by atoms with Crippen molar-refractivity contribution in [2.45, 2.75) is 26.8 Å². The molecule has 1 heterocycles. The van der Waals surface area contributed by atoms with Gasteiger partial charge in [0.15, 0.2) is 0 Å². The Bertz CT molecular complexity index is 593. The second-order valence-electron chi connectivity index (χ2n) is 4.98. The van der Waals surface area contributed by atoms with Crippen molar-refractivity contribution in [1.82, 2.24) is 10.3 Å². The highest BCUT2D eigenvalue weighted by atomic mass is 16.1. The van der Waals surface area contributed by atoms with Gasteiger partial charge >= 0.3 is 0 Å². The molecule has 2 aromatic rings. The predicted octanol–water partition coefficient (Wildman–Crippen LogP) is 2.68. The van der Waals surface area contributed by atoms with E-state index >= 15 is 0 Å². The molecule has 1 aromatic heterocycles. The van der Waals surface area contributed by atoms with Crippen molar-refractivity contribution >= 4 is 11.6 Å². The molecule has 0 aliphatic rings. The van der Waals surface area contributed by atoms with Crippen LogP contribution in [0.25, 0.3) is 0 Å². The number of hydrogen-bond acceptors (Lipinski definition) is 3. The topological polar surface area (TPSA) is 54.0 Å². The summed E-state index contributed by atoms with van der Waals surface area (Å²) in [7, 11) is 0. The molecule has 0 bridgehead atoms. The zero-order chi connectivity index (χ0) is 15.1. The molecule has 0 radical (unpaired) electrons. The highest BCUT2D eigenvalue weighted by Crippen LogP contribution is 2.08. The third kappa shape index (κ3) is 4.68. The van der Waals surface area contributed by atoms with Crippen LogP contribution in [0.4, 0.5) is 5.69 Å². The second kappa shape index (κ2) is 7.55. The van der Waals surface area contributed by atoms with Gasteiger partial charge in [0.25, 0.3) is 0 Å². The molecular formula is C17H21N3O. The smallest absolute Gasteiger partial charge is 0.238 e. The van der Waals surface area contributed by atoms with Crippen LogP contribution in [0, 0.1) is 6.92 Å². The Morgan fingerprint density at radius 2 is 1.95 bits per heavy atom. The van der Waals surface area contributed by atoms with E-state index in [1.54, 1.807) is 6.20 Å². The molecule has 2 N–H and O–H groups in total. The van der Waals surface area contributed by atoms with Crippen LogP contribution in [0.1, 0.15) is 23.7 Å². The van der Waals surface area contributed by atoms with Crippen molar-refractivity contribution in [2.24, 2.45) is 0 Å². The second-order valence-corrected chi connectivity index (χ2v) is 4.98. The van der Waals surface area contributed by atoms with Gasteiger partial charge in [-0.25, -0.2) is 0 Å². The van der Waals surface area contributed by atoms with Crippen molar-refractivity contribution in [3.63, 3.8) is 0 Å². The first-order chi connectivity index (χ1) is 10.2. The lowest BCUT2D eigenvalue weighted by atomic mass is 10.1. The van der Waals surface area contributed by atoms with Gasteiger partial charge in [0.1, 0.15) is 0 Å². The predicted molar refractivity (Wildman–Crippen MR) is 85.1 cm³/mol. The number of benzene rings is 1. The minimum atomic E-state index is -0.0483. The SMILES string of the molecule is CCc1cccnc1CNCC(=O)Nc1ccc(C)cc1. The minimum absolute atomic E-state index is 0.0483. The van der Waals surface area contributed by atoms with E-state index in [0.29, 0.717) is 6.54 Å². The van der Waals surface area contributed by atoms with Crippen LogP contribution in [0.2, 0.25) is 0 Å². The fourth-order valence-electron chi connectivity index (χ4n) is 2.09. The molecule has 0 saturated carbocycles. The largest absolute Gasteiger partial charge is 0.325 e. The summed E-state index contributed by atoms with van der Waals surface area (Å²) in [6, 6.07) is 11.8. The van der Waals surface area contributed by atoms with Crippen LogP contribution in [-0.4, -0.2) is 17.4 Å². The number of carbonyl (C=O) groups excluding carboxylic acids is 1. The molecule has 4 nitrogen and oxygen atoms in total. The van der Waals surface area contributed by atoms with E-state index in [0.717, 1.165) is 17.8 Å². The molecule has 0 spiro atoms. The van der Waals surface area contributed by atoms with Crippen LogP contribution in [0.3, 0.4) is 0 Å². The average Bonchev–Trinajstić information content (AvgIpc) is 2.50. The molecule has 0 aliphatic carbocycles. The van der Waals surface area contributed by atoms with E-state index in [2.05, 4.69) is 28.6 Å². The monoisotopic (exact) mass is 283 g/mol. The van der Waals surface area contributed by atoms with E-state index in [-0.39, 0.29) is 12.5 Å². The van der Waals surface area contributed by atoms with Gasteiger partial charge in [-0.05, 0) is 37.1 Å². The maximum atomic E-state index is 11.8. The first-order valence-electron chi connectivity index (χ1n) is 7.19. The fourth-order valence-corrected chi connectivity index (χ4v) is 2.09. The molecule has 0 unspecified atom stereocenters. The van der Waals surface area contributed by atoms with E-state index in [9.17, 15) is 4.79 Å². The molecular weight excluding hydrogens is 262 g/mol. The van der Waals surface area contributed by atoms with Crippen LogP contribution in [0.15, 0.2) is 42.6 Å². The van der Waals surface area contributed by atoms with Crippen LogP contribution in [-0.2, 0) is 17.8 Å². The Morgan fingerprint density at radius 1 is 1.19 bits per heavy atom. The number of nitrogens with one attached hydrogen (secondary N) is 2. The van der Waals surface area contributed by atoms with Crippen LogP contribution in [0.5, 0.6) is 0 Å². The molecule has 110 valence electrons. The Kier molecular flexibility index (Phi) is 5.46. The van der Waals surface area contributed by atoms with Gasteiger partial charge < -0.3 is 10.6 Å². The number of hydrogen-bond donors (Lipinski definition) is 2. The highest BCUT2D eigenvalue weighted by molar-refractivity contribution is 5.92. The maximum Gasteiger partial charge on any atom is 0.238 e. The zero-order valence-electron chi connectivity index (χ0n) is 12.5. The van der Waals surface area contributed by atoms with Gasteiger partial charge in [-0.15, -0.1) is 0 Å². The molecule has 2 rings (SSSR count). The average molecular weight is 283 g/mol. The molecule has 1 amide bonds. The van der Waals surface area contributed by atoms with Crippen molar-refractivity contribution in [3.05, 3.63) is 59.4 Å². The lowest BCUT2D eigenvalue weighted by molar-refractivity contribution is -0.115. The molecule has 1 aromatic carbocycles. The standard InChI is InChI=1S/C17H21N3O/c1-3-14-5-4-10-19-16(14)11-18-12-17(21)20-15-8-6-13(2)7-9-15/h4-10,18H,3,11-12H2,1-2H3,(H,20,21). The first-order valence-corrected chi connectivity index (χ1v) is 7.19. The summed E-state index contributed by atoms with van der Waals surface area (Å²) >= 11 is 0. The van der Waals surface area contributed by atoms with Gasteiger partial charge in [-0.2, -0.15) is 0 Å². The van der Waals surface area contributed by atoms with E-state index in [4.69, 9.17) is 0 Å². The molecule has 4 heteroatoms. The van der Waals surface area contributed by atoms with Crippen molar-refractivity contribution in [1.29, 1.82) is 0 Å². The number of aryl methyl sites for hydroxylation is 2. The number of amides is 1. The van der Waals surface area contributed by atoms with Crippen molar-refractivity contribution in [2.75, 3.05) is 11.9 Å². The molecule has 0 atom stereocenters. The van der Waals surface area contributed by atoms with E-state index in [1.165, 1.54) is 11.1 Å². The normalized spacial score (nSPS) is 10.4. The molecule has 0 aliphatic heterocycles. The zero-order valence-corrected chi connectivity index (χ0v) is 12.5. The lowest BCUT2D eigenvalue weighted by Gasteiger charge is -2.09. The summed E-state index contributed by atoms with van der Waals surface area (Å²) in [5, 5.41) is 6.00. The summed E-state index contributed by atoms with van der Waals surface area (Å²) in [5.74, 6) is -0.0483. The summed E-state index contributed by atoms with van der Waals surface area (Å²) in [5.41, 5.74) is 4.21. The van der Waals surface area contributed by atoms with Gasteiger partial charge in [-0.3, -0.25) is 9.78 Å². The first kappa shape index (κ1) is 15.2. The molecule has 0 fully saturated rings. The summed E-state index contributed by atoms with van der Waals surface area (Å²) in [4.78, 5) is 16.2. The number of pyridine rings is 1. The Hall–Kier alpha value is -2.20. The Morgan fingerprint density at radius 3 is 2.67 bits per heavy atom. The summed E-state index contributed by atoms with van der Waals surface area (Å²) in [6.07, 6.45) is 2.73. The number of anilines is 1. The number of aromatic nitrogens is 1. The molecule has 0 saturated heterocycles. The number of nitrogens with zero attached hydrogens (tertiary/aromatic N) is 1. The quantitative estimate of drug-likeness (QED) is 0.857. The van der Waals surface area contributed by atoms with Crippen molar-refractivity contribution < 1.29 is 4.79 Å². The highest BCUT2D eigenvalue weighted by Gasteiger charge is 2.04. The van der Waals surface area contributed by atoms with Gasteiger partial charge in [0.2, 0.25) is 5.91 Å². The Balaban J connectivity index is 1.80. The van der Waals surface area contributed by atoms with Crippen LogP contribution < -0.4 is 10.6 Å². The molecule has 21 heavy (non-hydrogen) atoms. The maximum absolute atomic E-state index is 11.8. The third-order valence-electron chi connectivity index (χ3n) is 3.28. The number of rotatable bonds is 6. The van der Waals surface area contributed by atoms with Crippen LogP contribution >= 0.6 is 0 Å². The fraction of sp³-hybridized carbons (Fsp3) is 0.294. The number of carbonyl (C=O) groups is 1. The summed E-state index contributed by atoms with van der Waals surface area (Å²) < 4.78 is 0. The van der Waals surface area contributed by atoms with E-state index < -0.39 is 0 Å². The van der Waals surface area contributed by atoms with Gasteiger partial charge in [0, 0.05) is 18.4 Å². The third-order valence-corrected chi connectivity index (χ3v) is 3.28. The van der Waals surface area contributed by atoms with E-state index in [1.807, 2.05) is 37.3 Å². The van der Waals surface area contributed by atoms with Gasteiger partial charge in [0.05, 0.1) is 12.2 Å². The van der Waals surface area contributed by atoms with Gasteiger partial charge in [-0.1, -0.05) is 30.7 Å². The minimum Gasteiger partial charge on any atom is -0.325 e. The lowest BCUT2D eigenvalue weighted by Crippen LogP contribution is -2.28. The summed E-state index contributed by atoms with van der Waals surface area (Å²) in [6.45, 7) is 4.99. The van der Waals surface area contributed by atoms with Crippen molar-refractivity contribution in [3.8, 4) is 0 Å². The Labute approximate surface area is 125 Å².